The topological polar surface area (TPSA) is 163 Å². The van der Waals surface area contributed by atoms with E-state index in [0.29, 0.717) is 22.9 Å². The van der Waals surface area contributed by atoms with E-state index in [0.717, 1.165) is 0 Å². The van der Waals surface area contributed by atoms with Gasteiger partial charge in [0.25, 0.3) is 5.91 Å². The second-order valence-corrected chi connectivity index (χ2v) is 12.4. The molecule has 0 aliphatic carbocycles. The summed E-state index contributed by atoms with van der Waals surface area (Å²) < 4.78 is 16.4. The minimum Gasteiger partial charge on any atom is -0.460 e. The number of H-pyrrole nitrogens is 1. The average molecular weight is 529 g/mol. The summed E-state index contributed by atoms with van der Waals surface area (Å²) in [5.74, 6) is -1.21. The summed E-state index contributed by atoms with van der Waals surface area (Å²) >= 11 is 2.61. The van der Waals surface area contributed by atoms with Crippen molar-refractivity contribution >= 4 is 41.4 Å². The highest BCUT2D eigenvalue weighted by Gasteiger charge is 2.64. The maximum atomic E-state index is 13.4. The van der Waals surface area contributed by atoms with Crippen molar-refractivity contribution < 1.29 is 28.6 Å². The van der Waals surface area contributed by atoms with Gasteiger partial charge in [0.2, 0.25) is 10.9 Å². The van der Waals surface area contributed by atoms with Crippen LogP contribution in [0.15, 0.2) is 16.4 Å². The summed E-state index contributed by atoms with van der Waals surface area (Å²) in [4.78, 5) is 40.2. The summed E-state index contributed by atoms with van der Waals surface area (Å²) in [6.07, 6.45) is 0.389. The van der Waals surface area contributed by atoms with Gasteiger partial charge in [0.05, 0.1) is 0 Å². The number of aromatic nitrogens is 4. The Labute approximate surface area is 212 Å². The minimum atomic E-state index is -1.53. The quantitative estimate of drug-likeness (QED) is 0.217. The SMILES string of the molecule is CO[C@@]1(N)C(=O)N2C(C(=O)OC(C)(C)C)=C(C(CCC(=O)OC(C)(C)C)Sc3nn[nH]n3)CS[C@@H]21. The average Bonchev–Trinajstić information content (AvgIpc) is 3.25. The van der Waals surface area contributed by atoms with Crippen molar-refractivity contribution in [3.63, 3.8) is 0 Å². The Bertz CT molecular complexity index is 1000. The number of carbonyl (C=O) groups excluding carboxylic acids is 3. The number of esters is 2. The maximum absolute atomic E-state index is 13.4. The molecule has 0 bridgehead atoms. The molecule has 12 nitrogen and oxygen atoms in total. The van der Waals surface area contributed by atoms with Crippen LogP contribution < -0.4 is 5.73 Å². The van der Waals surface area contributed by atoms with Gasteiger partial charge in [0.1, 0.15) is 22.3 Å². The van der Waals surface area contributed by atoms with Crippen LogP contribution in [0, 0.1) is 0 Å². The molecule has 3 atom stereocenters. The molecule has 1 aromatic heterocycles. The number of nitrogens with zero attached hydrogens (tertiary/aromatic N) is 4. The molecule has 35 heavy (non-hydrogen) atoms. The summed E-state index contributed by atoms with van der Waals surface area (Å²) in [5.41, 5.74) is 3.94. The zero-order chi connectivity index (χ0) is 26.2. The molecule has 1 amide bonds. The third kappa shape index (κ3) is 6.16. The zero-order valence-corrected chi connectivity index (χ0v) is 22.5. The number of amides is 1. The predicted octanol–water partition coefficient (Wildman–Crippen LogP) is 1.59. The van der Waals surface area contributed by atoms with Crippen molar-refractivity contribution in [3.05, 3.63) is 11.3 Å². The van der Waals surface area contributed by atoms with Crippen LogP contribution in [0.25, 0.3) is 0 Å². The number of β-lactam (4-membered cyclic amide) rings is 1. The minimum absolute atomic E-state index is 0.0822. The van der Waals surface area contributed by atoms with E-state index in [1.807, 2.05) is 0 Å². The molecule has 0 saturated carbocycles. The fourth-order valence-electron chi connectivity index (χ4n) is 3.60. The molecule has 14 heteroatoms. The van der Waals surface area contributed by atoms with Gasteiger partial charge in [-0.1, -0.05) is 11.8 Å². The highest BCUT2D eigenvalue weighted by molar-refractivity contribution is 8.01. The first-order valence-corrected chi connectivity index (χ1v) is 13.0. The number of fused-ring (bicyclic) bond motifs is 1. The lowest BCUT2D eigenvalue weighted by molar-refractivity contribution is -0.184. The van der Waals surface area contributed by atoms with E-state index in [2.05, 4.69) is 20.6 Å². The lowest BCUT2D eigenvalue weighted by Crippen LogP contribution is -2.79. The van der Waals surface area contributed by atoms with Gasteiger partial charge in [-0.3, -0.25) is 20.2 Å². The molecule has 1 saturated heterocycles. The fraction of sp³-hybridized carbons (Fsp3) is 0.714. The third-order valence-corrected chi connectivity index (χ3v) is 7.56. The number of hydrogen-bond donors (Lipinski definition) is 2. The third-order valence-electron chi connectivity index (χ3n) is 5.02. The second kappa shape index (κ2) is 10.1. The molecule has 194 valence electrons. The molecule has 0 radical (unpaired) electrons. The summed E-state index contributed by atoms with van der Waals surface area (Å²) in [7, 11) is 1.36. The van der Waals surface area contributed by atoms with Crippen LogP contribution in [-0.2, 0) is 28.6 Å². The molecule has 3 N–H and O–H groups in total. The summed E-state index contributed by atoms with van der Waals surface area (Å²) in [5, 5.41) is 13.3. The van der Waals surface area contributed by atoms with Gasteiger partial charge < -0.3 is 14.2 Å². The van der Waals surface area contributed by atoms with Gasteiger partial charge in [-0.05, 0) is 58.7 Å². The molecule has 3 rings (SSSR count). The monoisotopic (exact) mass is 528 g/mol. The summed E-state index contributed by atoms with van der Waals surface area (Å²) in [6.45, 7) is 10.6. The van der Waals surface area contributed by atoms with Crippen molar-refractivity contribution in [2.24, 2.45) is 5.73 Å². The van der Waals surface area contributed by atoms with Crippen molar-refractivity contribution in [2.45, 2.75) is 87.1 Å². The van der Waals surface area contributed by atoms with Crippen molar-refractivity contribution in [3.8, 4) is 0 Å². The molecule has 1 unspecified atom stereocenters. The molecular weight excluding hydrogens is 496 g/mol. The molecule has 2 aliphatic rings. The lowest BCUT2D eigenvalue weighted by atomic mass is 9.97. The molecular formula is C21H32N6O6S2. The van der Waals surface area contributed by atoms with Gasteiger partial charge in [-0.25, -0.2) is 4.79 Å². The Morgan fingerprint density at radius 1 is 1.26 bits per heavy atom. The van der Waals surface area contributed by atoms with Crippen LogP contribution in [0.4, 0.5) is 0 Å². The Morgan fingerprint density at radius 3 is 2.46 bits per heavy atom. The summed E-state index contributed by atoms with van der Waals surface area (Å²) in [6, 6.07) is 0. The van der Waals surface area contributed by atoms with E-state index < -0.39 is 39.4 Å². The van der Waals surface area contributed by atoms with Crippen molar-refractivity contribution in [1.82, 2.24) is 25.5 Å². The number of hydrogen-bond acceptors (Lipinski definition) is 12. The highest BCUT2D eigenvalue weighted by Crippen LogP contribution is 2.48. The van der Waals surface area contributed by atoms with E-state index in [9.17, 15) is 14.4 Å². The van der Waals surface area contributed by atoms with E-state index in [4.69, 9.17) is 19.9 Å². The van der Waals surface area contributed by atoms with E-state index in [-0.39, 0.29) is 18.1 Å². The van der Waals surface area contributed by atoms with Gasteiger partial charge in [-0.2, -0.15) is 5.21 Å². The second-order valence-electron chi connectivity index (χ2n) is 10.1. The maximum Gasteiger partial charge on any atom is 0.355 e. The first-order chi connectivity index (χ1) is 16.2. The zero-order valence-electron chi connectivity index (χ0n) is 20.9. The molecule has 0 aromatic carbocycles. The van der Waals surface area contributed by atoms with Gasteiger partial charge in [0, 0.05) is 24.5 Å². The van der Waals surface area contributed by atoms with Crippen LogP contribution in [0.3, 0.4) is 0 Å². The number of carbonyl (C=O) groups is 3. The largest absolute Gasteiger partial charge is 0.460 e. The van der Waals surface area contributed by atoms with Crippen LogP contribution >= 0.6 is 23.5 Å². The molecule has 1 fully saturated rings. The molecule has 1 aromatic rings. The Morgan fingerprint density at radius 2 is 1.91 bits per heavy atom. The van der Waals surface area contributed by atoms with E-state index in [1.54, 1.807) is 41.5 Å². The van der Waals surface area contributed by atoms with Crippen LogP contribution in [0.2, 0.25) is 0 Å². The van der Waals surface area contributed by atoms with Crippen LogP contribution in [0.5, 0.6) is 0 Å². The van der Waals surface area contributed by atoms with Gasteiger partial charge in [-0.15, -0.1) is 22.0 Å². The number of methoxy groups -OCH3 is 1. The number of thioether (sulfide) groups is 2. The fourth-order valence-corrected chi connectivity index (χ4v) is 6.18. The smallest absolute Gasteiger partial charge is 0.355 e. The molecule has 2 aliphatic heterocycles. The number of ether oxygens (including phenoxy) is 3. The number of nitrogens with one attached hydrogen (secondary N) is 1. The van der Waals surface area contributed by atoms with E-state index >= 15 is 0 Å². The first kappa shape index (κ1) is 27.4. The van der Waals surface area contributed by atoms with Crippen LogP contribution in [-0.4, -0.2) is 83.8 Å². The van der Waals surface area contributed by atoms with E-state index in [1.165, 1.54) is 35.5 Å². The van der Waals surface area contributed by atoms with Gasteiger partial charge in [0.15, 0.2) is 0 Å². The Kier molecular flexibility index (Phi) is 7.89. The first-order valence-electron chi connectivity index (χ1n) is 11.0. The molecule has 0 spiro atoms. The normalized spacial score (nSPS) is 23.5. The van der Waals surface area contributed by atoms with Crippen molar-refractivity contribution in [1.29, 1.82) is 0 Å². The number of aromatic amines is 1. The lowest BCUT2D eigenvalue weighted by Gasteiger charge is -2.54. The Hall–Kier alpha value is -2.16. The highest BCUT2D eigenvalue weighted by atomic mass is 32.2. The van der Waals surface area contributed by atoms with Crippen molar-refractivity contribution in [2.75, 3.05) is 12.9 Å². The predicted molar refractivity (Wildman–Crippen MR) is 129 cm³/mol. The number of nitrogens with two attached hydrogens (primary N) is 1. The van der Waals surface area contributed by atoms with Crippen LogP contribution in [0.1, 0.15) is 54.4 Å². The number of tetrazole rings is 1. The Balaban J connectivity index is 1.99. The van der Waals surface area contributed by atoms with Gasteiger partial charge >= 0.3 is 11.9 Å². The molecule has 3 heterocycles. The number of rotatable bonds is 8. The standard InChI is InChI=1S/C21H32N6O6S2/c1-19(2,3)32-13(28)9-8-12(35-18-23-25-26-24-18)11-10-34-17-21(22,31-7)16(30)27(17)14(11)15(29)33-20(4,5)6/h12,17H,8-10,22H2,1-7H3,(H,23,24,25,26)/t12?,17-,21+/m1/s1.